The predicted octanol–water partition coefficient (Wildman–Crippen LogP) is 4.69. The Kier molecular flexibility index (Phi) is 4.27. The first kappa shape index (κ1) is 15.4. The molecule has 7 heteroatoms. The molecule has 0 atom stereocenters. The lowest BCUT2D eigenvalue weighted by Gasteiger charge is -2.15. The minimum absolute atomic E-state index is 0.0414. The van der Waals surface area contributed by atoms with Crippen molar-refractivity contribution in [1.82, 2.24) is 0 Å². The Morgan fingerprint density at radius 1 is 1.14 bits per heavy atom. The van der Waals surface area contributed by atoms with E-state index >= 15 is 0 Å². The van der Waals surface area contributed by atoms with Crippen molar-refractivity contribution in [3.63, 3.8) is 0 Å². The summed E-state index contributed by atoms with van der Waals surface area (Å²) in [6.07, 6.45) is -4.45. The number of nitrogens with one attached hydrogen (secondary N) is 1. The smallest absolute Gasteiger partial charge is 0.397 e. The van der Waals surface area contributed by atoms with E-state index < -0.39 is 17.6 Å². The van der Waals surface area contributed by atoms with Crippen molar-refractivity contribution >= 4 is 23.0 Å². The van der Waals surface area contributed by atoms with Gasteiger partial charge in [0.05, 0.1) is 22.0 Å². The third kappa shape index (κ3) is 3.58. The van der Waals surface area contributed by atoms with Gasteiger partial charge in [-0.05, 0) is 17.7 Å². The molecule has 0 unspecified atom stereocenters. The topological polar surface area (TPSA) is 38.0 Å². The zero-order valence-electron chi connectivity index (χ0n) is 10.6. The summed E-state index contributed by atoms with van der Waals surface area (Å²) >= 11 is 5.56. The normalized spacial score (nSPS) is 11.5. The number of benzene rings is 2. The van der Waals surface area contributed by atoms with Gasteiger partial charge in [-0.3, -0.25) is 0 Å². The van der Waals surface area contributed by atoms with Crippen molar-refractivity contribution in [2.75, 3.05) is 11.1 Å². The molecule has 0 saturated carbocycles. The minimum Gasteiger partial charge on any atom is -0.397 e. The van der Waals surface area contributed by atoms with E-state index in [2.05, 4.69) is 5.32 Å². The van der Waals surface area contributed by atoms with Crippen LogP contribution >= 0.6 is 11.6 Å². The number of alkyl halides is 3. The summed E-state index contributed by atoms with van der Waals surface area (Å²) in [7, 11) is 0. The van der Waals surface area contributed by atoms with Crippen LogP contribution in [0.4, 0.5) is 28.9 Å². The van der Waals surface area contributed by atoms with Gasteiger partial charge in [-0.15, -0.1) is 0 Å². The number of nitrogen functional groups attached to an aromatic ring is 1. The SMILES string of the molecule is Nc1cc(Cl)c(F)cc1NCc1ccccc1C(F)(F)F. The average Bonchev–Trinajstić information content (AvgIpc) is 2.41. The number of rotatable bonds is 3. The molecule has 0 radical (unpaired) electrons. The number of hydrogen-bond acceptors (Lipinski definition) is 2. The summed E-state index contributed by atoms with van der Waals surface area (Å²) in [5.41, 5.74) is 5.29. The molecule has 0 fully saturated rings. The standard InChI is InChI=1S/C14H11ClF4N2/c15-10-5-12(20)13(6-11(10)16)21-7-8-3-1-2-4-9(8)14(17,18)19/h1-6,21H,7,20H2. The molecule has 2 aromatic carbocycles. The summed E-state index contributed by atoms with van der Waals surface area (Å²) < 4.78 is 51.9. The van der Waals surface area contributed by atoms with Gasteiger partial charge in [-0.2, -0.15) is 13.2 Å². The molecule has 2 aromatic rings. The second-order valence-corrected chi connectivity index (χ2v) is 4.77. The van der Waals surface area contributed by atoms with Crippen LogP contribution in [0.5, 0.6) is 0 Å². The van der Waals surface area contributed by atoms with Crippen molar-refractivity contribution in [2.45, 2.75) is 12.7 Å². The second kappa shape index (κ2) is 5.81. The van der Waals surface area contributed by atoms with E-state index in [1.54, 1.807) is 0 Å². The van der Waals surface area contributed by atoms with E-state index in [4.69, 9.17) is 17.3 Å². The van der Waals surface area contributed by atoms with Crippen LogP contribution in [0.2, 0.25) is 5.02 Å². The van der Waals surface area contributed by atoms with E-state index in [9.17, 15) is 17.6 Å². The molecule has 0 aliphatic carbocycles. The summed E-state index contributed by atoms with van der Waals surface area (Å²) in [5.74, 6) is -0.697. The second-order valence-electron chi connectivity index (χ2n) is 4.36. The van der Waals surface area contributed by atoms with Gasteiger partial charge in [0.2, 0.25) is 0 Å². The summed E-state index contributed by atoms with van der Waals surface area (Å²) in [5, 5.41) is 2.54. The molecule has 0 spiro atoms. The van der Waals surface area contributed by atoms with Crippen LogP contribution in [0.3, 0.4) is 0 Å². The van der Waals surface area contributed by atoms with Crippen LogP contribution in [0.15, 0.2) is 36.4 Å². The van der Waals surface area contributed by atoms with Crippen molar-refractivity contribution in [3.8, 4) is 0 Å². The highest BCUT2D eigenvalue weighted by Gasteiger charge is 2.32. The van der Waals surface area contributed by atoms with E-state index in [0.29, 0.717) is 0 Å². The van der Waals surface area contributed by atoms with Crippen LogP contribution in [0.1, 0.15) is 11.1 Å². The van der Waals surface area contributed by atoms with E-state index in [-0.39, 0.29) is 28.5 Å². The lowest BCUT2D eigenvalue weighted by Crippen LogP contribution is -2.12. The first-order chi connectivity index (χ1) is 9.79. The van der Waals surface area contributed by atoms with Gasteiger partial charge in [0.15, 0.2) is 0 Å². The molecular weight excluding hydrogens is 308 g/mol. The zero-order valence-corrected chi connectivity index (χ0v) is 11.4. The first-order valence-corrected chi connectivity index (χ1v) is 6.30. The highest BCUT2D eigenvalue weighted by Crippen LogP contribution is 2.33. The van der Waals surface area contributed by atoms with Crippen LogP contribution in [-0.4, -0.2) is 0 Å². The van der Waals surface area contributed by atoms with Gasteiger partial charge >= 0.3 is 6.18 Å². The molecule has 2 nitrogen and oxygen atoms in total. The summed E-state index contributed by atoms with van der Waals surface area (Å²) in [4.78, 5) is 0. The number of halogens is 5. The molecule has 0 aliphatic heterocycles. The van der Waals surface area contributed by atoms with Gasteiger partial charge < -0.3 is 11.1 Å². The number of anilines is 2. The Bertz CT molecular complexity index is 656. The van der Waals surface area contributed by atoms with E-state index in [1.807, 2.05) is 0 Å². The summed E-state index contributed by atoms with van der Waals surface area (Å²) in [6, 6.07) is 7.39. The average molecular weight is 319 g/mol. The van der Waals surface area contributed by atoms with Gasteiger partial charge in [-0.1, -0.05) is 29.8 Å². The van der Waals surface area contributed by atoms with E-state index in [1.165, 1.54) is 24.3 Å². The van der Waals surface area contributed by atoms with Crippen LogP contribution in [0.25, 0.3) is 0 Å². The van der Waals surface area contributed by atoms with Crippen molar-refractivity contribution in [1.29, 1.82) is 0 Å². The molecule has 0 saturated heterocycles. The fourth-order valence-corrected chi connectivity index (χ4v) is 2.03. The van der Waals surface area contributed by atoms with Gasteiger partial charge in [0.25, 0.3) is 0 Å². The molecule has 112 valence electrons. The Morgan fingerprint density at radius 3 is 2.48 bits per heavy atom. The predicted molar refractivity (Wildman–Crippen MR) is 74.6 cm³/mol. The third-order valence-corrected chi connectivity index (χ3v) is 3.17. The maximum atomic E-state index is 13.3. The highest BCUT2D eigenvalue weighted by molar-refractivity contribution is 6.31. The van der Waals surface area contributed by atoms with Crippen LogP contribution in [-0.2, 0) is 12.7 Å². The lowest BCUT2D eigenvalue weighted by atomic mass is 10.1. The number of hydrogen-bond donors (Lipinski definition) is 2. The van der Waals surface area contributed by atoms with E-state index in [0.717, 1.165) is 12.1 Å². The molecule has 0 bridgehead atoms. The molecule has 21 heavy (non-hydrogen) atoms. The molecular formula is C14H11ClF4N2. The van der Waals surface area contributed by atoms with Crippen molar-refractivity contribution < 1.29 is 17.6 Å². The zero-order chi connectivity index (χ0) is 15.6. The van der Waals surface area contributed by atoms with Crippen LogP contribution in [0, 0.1) is 5.82 Å². The lowest BCUT2D eigenvalue weighted by molar-refractivity contribution is -0.138. The van der Waals surface area contributed by atoms with Crippen molar-refractivity contribution in [3.05, 3.63) is 58.4 Å². The Labute approximate surface area is 123 Å². The quantitative estimate of drug-likeness (QED) is 0.636. The molecule has 0 aromatic heterocycles. The third-order valence-electron chi connectivity index (χ3n) is 2.88. The highest BCUT2D eigenvalue weighted by atomic mass is 35.5. The van der Waals surface area contributed by atoms with Crippen molar-refractivity contribution in [2.24, 2.45) is 0 Å². The molecule has 0 aliphatic rings. The Hall–Kier alpha value is -1.95. The maximum absolute atomic E-state index is 13.3. The fourth-order valence-electron chi connectivity index (χ4n) is 1.86. The Morgan fingerprint density at radius 2 is 1.81 bits per heavy atom. The molecule has 3 N–H and O–H groups in total. The largest absolute Gasteiger partial charge is 0.416 e. The molecule has 0 amide bonds. The molecule has 0 heterocycles. The first-order valence-electron chi connectivity index (χ1n) is 5.92. The monoisotopic (exact) mass is 318 g/mol. The Balaban J connectivity index is 2.23. The fraction of sp³-hybridized carbons (Fsp3) is 0.143. The maximum Gasteiger partial charge on any atom is 0.416 e. The minimum atomic E-state index is -4.45. The van der Waals surface area contributed by atoms with Gasteiger partial charge in [0, 0.05) is 12.6 Å². The molecule has 2 rings (SSSR count). The summed E-state index contributed by atoms with van der Waals surface area (Å²) in [6.45, 7) is -0.138. The van der Waals surface area contributed by atoms with Gasteiger partial charge in [0.1, 0.15) is 5.82 Å². The number of nitrogens with two attached hydrogens (primary N) is 1. The van der Waals surface area contributed by atoms with Crippen LogP contribution < -0.4 is 11.1 Å². The van der Waals surface area contributed by atoms with Gasteiger partial charge in [-0.25, -0.2) is 4.39 Å².